The number of hydrogen-bond donors (Lipinski definition) is 4. The van der Waals surface area contributed by atoms with Gasteiger partial charge in [0, 0.05) is 30.0 Å². The molecule has 0 bridgehead atoms. The Morgan fingerprint density at radius 1 is 0.733 bits per heavy atom. The van der Waals surface area contributed by atoms with Crippen LogP contribution in [0.1, 0.15) is 34.6 Å². The zero-order chi connectivity index (χ0) is 31.8. The van der Waals surface area contributed by atoms with Crippen LogP contribution in [0.15, 0.2) is 109 Å². The van der Waals surface area contributed by atoms with E-state index in [2.05, 4.69) is 10.6 Å². The van der Waals surface area contributed by atoms with Crippen LogP contribution in [0.3, 0.4) is 0 Å². The fraction of sp³-hybridized carbons (Fsp3) is 0.222. The van der Waals surface area contributed by atoms with Crippen molar-refractivity contribution < 1.29 is 29.0 Å². The number of fused-ring (bicyclic) bond motifs is 2. The predicted octanol–water partition coefficient (Wildman–Crippen LogP) is 4.00. The average molecular weight is 606 g/mol. The highest BCUT2D eigenvalue weighted by atomic mass is 16.5. The number of carbonyl (C=O) groups excluding carboxylic acids is 3. The van der Waals surface area contributed by atoms with Crippen LogP contribution in [0.25, 0.3) is 0 Å². The largest absolute Gasteiger partial charge is 0.480 e. The molecule has 0 aliphatic carbocycles. The van der Waals surface area contributed by atoms with E-state index in [1.54, 1.807) is 36.4 Å². The van der Waals surface area contributed by atoms with Crippen LogP contribution in [-0.2, 0) is 32.0 Å². The Morgan fingerprint density at radius 3 is 1.80 bits per heavy atom. The summed E-state index contributed by atoms with van der Waals surface area (Å²) in [7, 11) is 0. The minimum atomic E-state index is -1.43. The number of Topliss-reactive ketones (excluding diaryl/α,β-unsaturated/α-hetero) is 1. The lowest BCUT2D eigenvalue weighted by Gasteiger charge is -2.28. The molecule has 4 aromatic carbocycles. The summed E-state index contributed by atoms with van der Waals surface area (Å²) in [5.74, 6) is -3.17. The van der Waals surface area contributed by atoms with Gasteiger partial charge in [0.05, 0.1) is 12.0 Å². The maximum absolute atomic E-state index is 13.6. The Morgan fingerprint density at radius 2 is 1.24 bits per heavy atom. The second kappa shape index (κ2) is 14.5. The molecule has 9 heteroatoms. The zero-order valence-electron chi connectivity index (χ0n) is 24.6. The number of ether oxygens (including phenoxy) is 1. The molecule has 0 saturated heterocycles. The van der Waals surface area contributed by atoms with E-state index in [0.717, 1.165) is 11.1 Å². The summed E-state index contributed by atoms with van der Waals surface area (Å²) in [6, 6.07) is 30.6. The topological polar surface area (TPSA) is 148 Å². The van der Waals surface area contributed by atoms with Crippen LogP contribution in [0.4, 0.5) is 0 Å². The first-order valence-corrected chi connectivity index (χ1v) is 14.8. The van der Waals surface area contributed by atoms with Gasteiger partial charge in [-0.25, -0.2) is 4.79 Å². The molecule has 0 saturated carbocycles. The first-order chi connectivity index (χ1) is 21.8. The van der Waals surface area contributed by atoms with Gasteiger partial charge in [-0.2, -0.15) is 0 Å². The van der Waals surface area contributed by atoms with Gasteiger partial charge in [0.15, 0.2) is 5.78 Å². The minimum Gasteiger partial charge on any atom is -0.480 e. The van der Waals surface area contributed by atoms with E-state index in [4.69, 9.17) is 10.5 Å². The van der Waals surface area contributed by atoms with Crippen molar-refractivity contribution in [1.82, 2.24) is 10.6 Å². The molecule has 5 rings (SSSR count). The molecule has 0 fully saturated rings. The van der Waals surface area contributed by atoms with Gasteiger partial charge in [0.25, 0.3) is 0 Å². The second-order valence-corrected chi connectivity index (χ2v) is 11.1. The lowest BCUT2D eigenvalue weighted by Crippen LogP contribution is -2.51. The van der Waals surface area contributed by atoms with Gasteiger partial charge in [-0.3, -0.25) is 14.4 Å². The summed E-state index contributed by atoms with van der Waals surface area (Å²) in [5.41, 5.74) is 9.25. The SMILES string of the molecule is N[C@@H](Cc1ccccc1)C(=O)C[C@@H](Cc1ccccc1)C(=O)NC(CNC(=O)C1c2ccccc2Oc2ccccc21)C(=O)O. The maximum atomic E-state index is 13.6. The third kappa shape index (κ3) is 7.82. The molecule has 230 valence electrons. The van der Waals surface area contributed by atoms with Gasteiger partial charge in [-0.15, -0.1) is 0 Å². The smallest absolute Gasteiger partial charge is 0.328 e. The Bertz CT molecular complexity index is 1610. The average Bonchev–Trinajstić information content (AvgIpc) is 3.05. The monoisotopic (exact) mass is 605 g/mol. The van der Waals surface area contributed by atoms with E-state index in [9.17, 15) is 24.3 Å². The Kier molecular flexibility index (Phi) is 10.0. The summed E-state index contributed by atoms with van der Waals surface area (Å²) in [6.07, 6.45) is 0.371. The molecule has 4 aromatic rings. The Labute approximate surface area is 261 Å². The van der Waals surface area contributed by atoms with Gasteiger partial charge < -0.3 is 26.2 Å². The Balaban J connectivity index is 1.28. The number of amides is 2. The fourth-order valence-electron chi connectivity index (χ4n) is 5.52. The molecule has 3 atom stereocenters. The molecular formula is C36H35N3O6. The van der Waals surface area contributed by atoms with Crippen molar-refractivity contribution in [2.24, 2.45) is 11.7 Å². The molecule has 1 aliphatic rings. The summed E-state index contributed by atoms with van der Waals surface area (Å²) in [4.78, 5) is 52.5. The summed E-state index contributed by atoms with van der Waals surface area (Å²) in [5, 5.41) is 15.3. The molecule has 2 amide bonds. The normalized spacial score (nSPS) is 14.1. The van der Waals surface area contributed by atoms with E-state index in [1.165, 1.54) is 0 Å². The van der Waals surface area contributed by atoms with Gasteiger partial charge >= 0.3 is 5.97 Å². The number of aliphatic carboxylic acids is 1. The second-order valence-electron chi connectivity index (χ2n) is 11.1. The number of ketones is 1. The van der Waals surface area contributed by atoms with Gasteiger partial charge in [-0.1, -0.05) is 97.1 Å². The Hall–Kier alpha value is -5.28. The third-order valence-electron chi connectivity index (χ3n) is 7.89. The number of carbonyl (C=O) groups is 4. The quantitative estimate of drug-likeness (QED) is 0.180. The lowest BCUT2D eigenvalue weighted by atomic mass is 9.87. The molecule has 0 spiro atoms. The highest BCUT2D eigenvalue weighted by molar-refractivity contribution is 5.93. The number of hydrogen-bond acceptors (Lipinski definition) is 6. The van der Waals surface area contributed by atoms with Crippen LogP contribution in [0.5, 0.6) is 11.5 Å². The number of carboxylic acid groups (broad SMARTS) is 1. The van der Waals surface area contributed by atoms with Crippen molar-refractivity contribution in [3.63, 3.8) is 0 Å². The minimum absolute atomic E-state index is 0.164. The number of carboxylic acids is 1. The standard InChI is InChI=1S/C36H35N3O6/c37-28(20-24-13-5-2-6-14-24)30(40)21-25(19-23-11-3-1-4-12-23)34(41)39-29(36(43)44)22-38-35(42)33-26-15-7-9-17-31(26)45-32-18-10-8-16-27(32)33/h1-18,25,28-29,33H,19-22,37H2,(H,38,42)(H,39,41)(H,43,44)/t25-,28+,29?/m1/s1. The van der Waals surface area contributed by atoms with Crippen molar-refractivity contribution in [2.45, 2.75) is 37.3 Å². The van der Waals surface area contributed by atoms with E-state index in [0.29, 0.717) is 29.0 Å². The van der Waals surface area contributed by atoms with E-state index >= 15 is 0 Å². The summed E-state index contributed by atoms with van der Waals surface area (Å²) < 4.78 is 5.96. The van der Waals surface area contributed by atoms with Crippen LogP contribution < -0.4 is 21.1 Å². The van der Waals surface area contributed by atoms with Crippen LogP contribution in [0.2, 0.25) is 0 Å². The predicted molar refractivity (Wildman–Crippen MR) is 169 cm³/mol. The summed E-state index contributed by atoms with van der Waals surface area (Å²) in [6.45, 7) is -0.360. The maximum Gasteiger partial charge on any atom is 0.328 e. The molecule has 9 nitrogen and oxygen atoms in total. The molecule has 1 aliphatic heterocycles. The van der Waals surface area contributed by atoms with Gasteiger partial charge in [-0.05, 0) is 36.1 Å². The van der Waals surface area contributed by atoms with Crippen molar-refractivity contribution in [1.29, 1.82) is 0 Å². The molecule has 45 heavy (non-hydrogen) atoms. The fourth-order valence-corrected chi connectivity index (χ4v) is 5.52. The van der Waals surface area contributed by atoms with Crippen LogP contribution in [-0.4, -0.2) is 47.3 Å². The number of nitrogens with one attached hydrogen (secondary N) is 2. The van der Waals surface area contributed by atoms with E-state index in [-0.39, 0.29) is 25.2 Å². The highest BCUT2D eigenvalue weighted by Crippen LogP contribution is 2.43. The molecular weight excluding hydrogens is 570 g/mol. The number of para-hydroxylation sites is 2. The highest BCUT2D eigenvalue weighted by Gasteiger charge is 2.34. The number of rotatable bonds is 13. The van der Waals surface area contributed by atoms with Crippen LogP contribution in [0, 0.1) is 5.92 Å². The number of benzene rings is 4. The van der Waals surface area contributed by atoms with Crippen LogP contribution >= 0.6 is 0 Å². The van der Waals surface area contributed by atoms with Crippen molar-refractivity contribution in [2.75, 3.05) is 6.54 Å². The number of nitrogens with two attached hydrogens (primary N) is 1. The molecule has 1 unspecified atom stereocenters. The molecule has 1 heterocycles. The van der Waals surface area contributed by atoms with Gasteiger partial charge in [0.1, 0.15) is 17.5 Å². The van der Waals surface area contributed by atoms with Crippen molar-refractivity contribution in [3.05, 3.63) is 131 Å². The molecule has 0 aromatic heterocycles. The molecule has 0 radical (unpaired) electrons. The summed E-state index contributed by atoms with van der Waals surface area (Å²) >= 11 is 0. The first kappa shape index (κ1) is 31.2. The zero-order valence-corrected chi connectivity index (χ0v) is 24.6. The third-order valence-corrected chi connectivity index (χ3v) is 7.89. The lowest BCUT2D eigenvalue weighted by molar-refractivity contribution is -0.142. The first-order valence-electron chi connectivity index (χ1n) is 14.8. The van der Waals surface area contributed by atoms with Crippen molar-refractivity contribution >= 4 is 23.6 Å². The van der Waals surface area contributed by atoms with Crippen molar-refractivity contribution in [3.8, 4) is 11.5 Å². The molecule has 5 N–H and O–H groups in total. The van der Waals surface area contributed by atoms with Gasteiger partial charge in [0.2, 0.25) is 11.8 Å². The van der Waals surface area contributed by atoms with E-state index < -0.39 is 41.7 Å². The van der Waals surface area contributed by atoms with E-state index in [1.807, 2.05) is 72.8 Å².